The third-order valence-corrected chi connectivity index (χ3v) is 4.79. The highest BCUT2D eigenvalue weighted by Crippen LogP contribution is 2.46. The van der Waals surface area contributed by atoms with E-state index in [1.807, 2.05) is 12.1 Å². The third-order valence-electron chi connectivity index (χ3n) is 4.42. The quantitative estimate of drug-likeness (QED) is 0.597. The molecule has 4 nitrogen and oxygen atoms in total. The van der Waals surface area contributed by atoms with Crippen molar-refractivity contribution in [3.05, 3.63) is 40.4 Å². The van der Waals surface area contributed by atoms with E-state index in [1.165, 1.54) is 11.1 Å². The minimum atomic E-state index is -0.117. The summed E-state index contributed by atoms with van der Waals surface area (Å²) in [6, 6.07) is 7.80. The maximum atomic E-state index is 10.7. The SMILES string of the molecule is CC(C)(C)c1cccc(-c2c(O)cc3n[nH]nc3c2Cl)c1C(C)(C)C. The zero-order valence-corrected chi connectivity index (χ0v) is 16.3. The van der Waals surface area contributed by atoms with Gasteiger partial charge in [0.05, 0.1) is 5.02 Å². The molecule has 1 heterocycles. The third kappa shape index (κ3) is 2.99. The Labute approximate surface area is 153 Å². The van der Waals surface area contributed by atoms with Gasteiger partial charge < -0.3 is 5.11 Å². The van der Waals surface area contributed by atoms with E-state index in [-0.39, 0.29) is 16.6 Å². The van der Waals surface area contributed by atoms with Gasteiger partial charge in [0.15, 0.2) is 0 Å². The Hall–Kier alpha value is -2.07. The molecule has 3 aromatic rings. The number of nitrogens with zero attached hydrogens (tertiary/aromatic N) is 2. The number of aromatic hydroxyl groups is 1. The zero-order valence-electron chi connectivity index (χ0n) is 15.5. The molecule has 25 heavy (non-hydrogen) atoms. The molecule has 0 spiro atoms. The van der Waals surface area contributed by atoms with Crippen LogP contribution in [0.1, 0.15) is 52.7 Å². The van der Waals surface area contributed by atoms with Gasteiger partial charge in [-0.15, -0.1) is 0 Å². The fourth-order valence-electron chi connectivity index (χ4n) is 3.38. The number of hydrogen-bond acceptors (Lipinski definition) is 3. The van der Waals surface area contributed by atoms with Gasteiger partial charge >= 0.3 is 0 Å². The number of benzene rings is 2. The average molecular weight is 358 g/mol. The molecule has 0 aliphatic carbocycles. The summed E-state index contributed by atoms with van der Waals surface area (Å²) in [6.07, 6.45) is 0. The summed E-state index contributed by atoms with van der Waals surface area (Å²) >= 11 is 6.63. The maximum Gasteiger partial charge on any atom is 0.132 e. The van der Waals surface area contributed by atoms with Crippen LogP contribution in [-0.4, -0.2) is 20.5 Å². The molecular weight excluding hydrogens is 334 g/mol. The van der Waals surface area contributed by atoms with Crippen LogP contribution in [0.5, 0.6) is 5.75 Å². The first kappa shape index (κ1) is 17.7. The van der Waals surface area contributed by atoms with E-state index in [4.69, 9.17) is 11.6 Å². The molecule has 0 saturated carbocycles. The summed E-state index contributed by atoms with van der Waals surface area (Å²) in [4.78, 5) is 0. The van der Waals surface area contributed by atoms with Crippen molar-refractivity contribution >= 4 is 22.6 Å². The molecule has 5 heteroatoms. The topological polar surface area (TPSA) is 61.8 Å². The molecule has 2 N–H and O–H groups in total. The Morgan fingerprint density at radius 3 is 2.28 bits per heavy atom. The van der Waals surface area contributed by atoms with Crippen molar-refractivity contribution in [2.75, 3.05) is 0 Å². The first-order chi connectivity index (χ1) is 11.5. The second-order valence-electron chi connectivity index (χ2n) is 8.50. The Morgan fingerprint density at radius 2 is 1.68 bits per heavy atom. The lowest BCUT2D eigenvalue weighted by Gasteiger charge is -2.32. The van der Waals surface area contributed by atoms with Crippen LogP contribution in [0, 0.1) is 0 Å². The number of halogens is 1. The van der Waals surface area contributed by atoms with E-state index in [9.17, 15) is 5.11 Å². The van der Waals surface area contributed by atoms with Crippen LogP contribution in [0.4, 0.5) is 0 Å². The normalized spacial score (nSPS) is 12.8. The van der Waals surface area contributed by atoms with Crippen LogP contribution < -0.4 is 0 Å². The highest BCUT2D eigenvalue weighted by atomic mass is 35.5. The lowest BCUT2D eigenvalue weighted by Crippen LogP contribution is -2.23. The molecule has 0 saturated heterocycles. The van der Waals surface area contributed by atoms with Crippen LogP contribution in [0.2, 0.25) is 5.02 Å². The number of phenols is 1. The van der Waals surface area contributed by atoms with E-state index in [1.54, 1.807) is 6.07 Å². The smallest absolute Gasteiger partial charge is 0.132 e. The van der Waals surface area contributed by atoms with E-state index < -0.39 is 0 Å². The predicted octanol–water partition coefficient (Wildman–Crippen LogP) is 5.58. The van der Waals surface area contributed by atoms with Crippen molar-refractivity contribution in [2.24, 2.45) is 0 Å². The van der Waals surface area contributed by atoms with Crippen LogP contribution in [-0.2, 0) is 10.8 Å². The molecule has 0 fully saturated rings. The molecule has 132 valence electrons. The summed E-state index contributed by atoms with van der Waals surface area (Å²) in [5, 5.41) is 21.8. The molecule has 0 unspecified atom stereocenters. The van der Waals surface area contributed by atoms with Crippen molar-refractivity contribution in [3.8, 4) is 16.9 Å². The number of aromatic amines is 1. The van der Waals surface area contributed by atoms with Gasteiger partial charge in [-0.3, -0.25) is 0 Å². The van der Waals surface area contributed by atoms with E-state index >= 15 is 0 Å². The van der Waals surface area contributed by atoms with E-state index in [0.29, 0.717) is 21.6 Å². The number of fused-ring (bicyclic) bond motifs is 1. The molecular formula is C20H24ClN3O. The molecule has 0 bridgehead atoms. The second-order valence-corrected chi connectivity index (χ2v) is 8.88. The molecule has 0 atom stereocenters. The zero-order chi connectivity index (χ0) is 18.6. The lowest BCUT2D eigenvalue weighted by atomic mass is 9.72. The number of hydrogen-bond donors (Lipinski definition) is 2. The Bertz CT molecular complexity index is 946. The van der Waals surface area contributed by atoms with Gasteiger partial charge in [-0.05, 0) is 27.5 Å². The van der Waals surface area contributed by atoms with Crippen LogP contribution >= 0.6 is 11.6 Å². The Balaban J connectivity index is 2.43. The molecule has 2 aromatic carbocycles. The largest absolute Gasteiger partial charge is 0.507 e. The fraction of sp³-hybridized carbons (Fsp3) is 0.400. The van der Waals surface area contributed by atoms with Gasteiger partial charge in [-0.25, -0.2) is 0 Å². The second kappa shape index (κ2) is 5.73. The molecule has 0 amide bonds. The Kier molecular flexibility index (Phi) is 4.07. The minimum absolute atomic E-state index is 0.0291. The Morgan fingerprint density at radius 1 is 1.00 bits per heavy atom. The standard InChI is InChI=1S/C20H24ClN3O/c1-19(2,3)12-9-7-8-11(16(12)20(4,5)6)15-14(25)10-13-18(17(15)21)23-24-22-13/h7-10,25H,1-6H3,(H,22,23,24). The van der Waals surface area contributed by atoms with Gasteiger partial charge in [0.1, 0.15) is 16.8 Å². The predicted molar refractivity (Wildman–Crippen MR) is 103 cm³/mol. The number of rotatable bonds is 1. The minimum Gasteiger partial charge on any atom is -0.507 e. The first-order valence-corrected chi connectivity index (χ1v) is 8.76. The van der Waals surface area contributed by atoms with Crippen molar-refractivity contribution in [1.82, 2.24) is 15.4 Å². The van der Waals surface area contributed by atoms with Gasteiger partial charge in [0, 0.05) is 11.6 Å². The number of H-pyrrole nitrogens is 1. The highest BCUT2D eigenvalue weighted by Gasteiger charge is 2.30. The highest BCUT2D eigenvalue weighted by molar-refractivity contribution is 6.38. The van der Waals surface area contributed by atoms with Gasteiger partial charge in [0.25, 0.3) is 0 Å². The van der Waals surface area contributed by atoms with Crippen molar-refractivity contribution in [1.29, 1.82) is 0 Å². The van der Waals surface area contributed by atoms with Crippen LogP contribution in [0.3, 0.4) is 0 Å². The summed E-state index contributed by atoms with van der Waals surface area (Å²) in [6.45, 7) is 13.1. The summed E-state index contributed by atoms with van der Waals surface area (Å²) in [5.74, 6) is 0.114. The van der Waals surface area contributed by atoms with Crippen molar-refractivity contribution in [2.45, 2.75) is 52.4 Å². The summed E-state index contributed by atoms with van der Waals surface area (Å²) in [5.41, 5.74) is 4.94. The number of nitrogens with one attached hydrogen (secondary N) is 1. The molecule has 0 aliphatic heterocycles. The molecule has 1 aromatic heterocycles. The van der Waals surface area contributed by atoms with Crippen molar-refractivity contribution < 1.29 is 5.11 Å². The van der Waals surface area contributed by atoms with Gasteiger partial charge in [-0.2, -0.15) is 15.4 Å². The first-order valence-electron chi connectivity index (χ1n) is 8.38. The van der Waals surface area contributed by atoms with E-state index in [0.717, 1.165) is 5.56 Å². The fourth-order valence-corrected chi connectivity index (χ4v) is 3.72. The number of aromatic nitrogens is 3. The molecule has 0 aliphatic rings. The van der Waals surface area contributed by atoms with E-state index in [2.05, 4.69) is 63.0 Å². The van der Waals surface area contributed by atoms with Gasteiger partial charge in [0.2, 0.25) is 0 Å². The average Bonchev–Trinajstić information content (AvgIpc) is 2.93. The van der Waals surface area contributed by atoms with Crippen molar-refractivity contribution in [3.63, 3.8) is 0 Å². The molecule has 3 rings (SSSR count). The maximum absolute atomic E-state index is 10.7. The summed E-state index contributed by atoms with van der Waals surface area (Å²) < 4.78 is 0. The lowest BCUT2D eigenvalue weighted by molar-refractivity contribution is 0.477. The monoisotopic (exact) mass is 357 g/mol. The summed E-state index contributed by atoms with van der Waals surface area (Å²) in [7, 11) is 0. The van der Waals surface area contributed by atoms with Gasteiger partial charge in [-0.1, -0.05) is 71.3 Å². The number of phenolic OH excluding ortho intramolecular Hbond substituents is 1. The van der Waals surface area contributed by atoms with Crippen LogP contribution in [0.15, 0.2) is 24.3 Å². The van der Waals surface area contributed by atoms with Crippen LogP contribution in [0.25, 0.3) is 22.2 Å². The molecule has 0 radical (unpaired) electrons.